The molecule has 17 heavy (non-hydrogen) atoms. The highest BCUT2D eigenvalue weighted by atomic mass is 35.5. The standard InChI is InChI=1S/C12H12Cl2N2O/c1-6-9-8(4-7(13)10(6)14)16-11(17)12(9)2-3-15-5-12/h4,15H,2-3,5H2,1H3,(H,16,17). The second kappa shape index (κ2) is 3.61. The number of halogens is 2. The Balaban J connectivity index is 2.28. The molecule has 1 spiro atoms. The average molecular weight is 271 g/mol. The van der Waals surface area contributed by atoms with Gasteiger partial charge in [-0.05, 0) is 37.1 Å². The van der Waals surface area contributed by atoms with E-state index < -0.39 is 5.41 Å². The van der Waals surface area contributed by atoms with E-state index >= 15 is 0 Å². The molecule has 2 aliphatic rings. The number of hydrogen-bond acceptors (Lipinski definition) is 2. The molecule has 1 aromatic carbocycles. The van der Waals surface area contributed by atoms with Gasteiger partial charge in [0.25, 0.3) is 0 Å². The molecule has 2 N–H and O–H groups in total. The van der Waals surface area contributed by atoms with Crippen LogP contribution in [0, 0.1) is 6.92 Å². The first kappa shape index (κ1) is 11.3. The number of carbonyl (C=O) groups is 1. The van der Waals surface area contributed by atoms with Crippen molar-refractivity contribution < 1.29 is 4.79 Å². The van der Waals surface area contributed by atoms with Crippen molar-refractivity contribution in [3.05, 3.63) is 27.2 Å². The van der Waals surface area contributed by atoms with Gasteiger partial charge in [0.2, 0.25) is 5.91 Å². The summed E-state index contributed by atoms with van der Waals surface area (Å²) in [6, 6.07) is 1.75. The molecule has 5 heteroatoms. The summed E-state index contributed by atoms with van der Waals surface area (Å²) < 4.78 is 0. The van der Waals surface area contributed by atoms with Crippen molar-refractivity contribution in [2.24, 2.45) is 0 Å². The van der Waals surface area contributed by atoms with Crippen molar-refractivity contribution in [3.63, 3.8) is 0 Å². The number of benzene rings is 1. The average Bonchev–Trinajstić information content (AvgIpc) is 2.85. The van der Waals surface area contributed by atoms with Gasteiger partial charge < -0.3 is 10.6 Å². The molecule has 0 radical (unpaired) electrons. The summed E-state index contributed by atoms with van der Waals surface area (Å²) in [5.74, 6) is 0.0546. The van der Waals surface area contributed by atoms with Crippen LogP contribution in [0.3, 0.4) is 0 Å². The van der Waals surface area contributed by atoms with Crippen molar-refractivity contribution in [1.29, 1.82) is 0 Å². The quantitative estimate of drug-likeness (QED) is 0.761. The molecule has 0 aliphatic carbocycles. The Hall–Kier alpha value is -0.770. The second-order valence-corrected chi connectivity index (χ2v) is 5.47. The van der Waals surface area contributed by atoms with Crippen molar-refractivity contribution in [3.8, 4) is 0 Å². The number of rotatable bonds is 0. The van der Waals surface area contributed by atoms with Crippen LogP contribution < -0.4 is 10.6 Å². The molecule has 1 atom stereocenters. The van der Waals surface area contributed by atoms with Crippen molar-refractivity contribution in [1.82, 2.24) is 5.32 Å². The maximum atomic E-state index is 12.2. The highest BCUT2D eigenvalue weighted by molar-refractivity contribution is 6.43. The summed E-state index contributed by atoms with van der Waals surface area (Å²) >= 11 is 12.2. The molecule has 3 nitrogen and oxygen atoms in total. The normalized spacial score (nSPS) is 26.4. The van der Waals surface area contributed by atoms with Crippen LogP contribution in [-0.4, -0.2) is 19.0 Å². The van der Waals surface area contributed by atoms with E-state index in [0.29, 0.717) is 16.6 Å². The minimum Gasteiger partial charge on any atom is -0.325 e. The van der Waals surface area contributed by atoms with Crippen molar-refractivity contribution >= 4 is 34.8 Å². The summed E-state index contributed by atoms with van der Waals surface area (Å²) in [4.78, 5) is 12.2. The lowest BCUT2D eigenvalue weighted by molar-refractivity contribution is -0.120. The summed E-state index contributed by atoms with van der Waals surface area (Å²) in [6.07, 6.45) is 0.810. The summed E-state index contributed by atoms with van der Waals surface area (Å²) in [7, 11) is 0. The molecular weight excluding hydrogens is 259 g/mol. The van der Waals surface area contributed by atoms with Crippen LogP contribution in [0.4, 0.5) is 5.69 Å². The van der Waals surface area contributed by atoms with Gasteiger partial charge in [-0.2, -0.15) is 0 Å². The monoisotopic (exact) mass is 270 g/mol. The van der Waals surface area contributed by atoms with Gasteiger partial charge in [0.15, 0.2) is 0 Å². The van der Waals surface area contributed by atoms with E-state index in [1.807, 2.05) is 6.92 Å². The fourth-order valence-electron chi connectivity index (χ4n) is 2.92. The number of amides is 1. The van der Waals surface area contributed by atoms with E-state index in [4.69, 9.17) is 23.2 Å². The molecule has 1 fully saturated rings. The zero-order valence-electron chi connectivity index (χ0n) is 9.36. The van der Waals surface area contributed by atoms with E-state index in [-0.39, 0.29) is 5.91 Å². The van der Waals surface area contributed by atoms with Gasteiger partial charge in [0, 0.05) is 12.2 Å². The lowest BCUT2D eigenvalue weighted by atomic mass is 9.79. The van der Waals surface area contributed by atoms with E-state index in [1.54, 1.807) is 6.07 Å². The number of nitrogens with one attached hydrogen (secondary N) is 2. The first-order chi connectivity index (χ1) is 8.06. The Bertz CT molecular complexity index is 522. The second-order valence-electron chi connectivity index (χ2n) is 4.68. The number of anilines is 1. The Morgan fingerprint density at radius 2 is 2.18 bits per heavy atom. The molecule has 1 aromatic rings. The van der Waals surface area contributed by atoms with Gasteiger partial charge >= 0.3 is 0 Å². The Kier molecular flexibility index (Phi) is 2.41. The van der Waals surface area contributed by atoms with Gasteiger partial charge in [-0.25, -0.2) is 0 Å². The molecule has 2 heterocycles. The van der Waals surface area contributed by atoms with E-state index in [2.05, 4.69) is 10.6 Å². The lowest BCUT2D eigenvalue weighted by Gasteiger charge is -2.22. The summed E-state index contributed by atoms with van der Waals surface area (Å²) in [5, 5.41) is 7.21. The van der Waals surface area contributed by atoms with E-state index in [1.165, 1.54) is 0 Å². The van der Waals surface area contributed by atoms with Crippen LogP contribution in [-0.2, 0) is 10.2 Å². The van der Waals surface area contributed by atoms with Gasteiger partial charge in [0.1, 0.15) is 0 Å². The van der Waals surface area contributed by atoms with Gasteiger partial charge in [0.05, 0.1) is 15.5 Å². The molecule has 0 saturated carbocycles. The van der Waals surface area contributed by atoms with Crippen LogP contribution in [0.5, 0.6) is 0 Å². The van der Waals surface area contributed by atoms with Crippen LogP contribution in [0.2, 0.25) is 10.0 Å². The van der Waals surface area contributed by atoms with Crippen LogP contribution >= 0.6 is 23.2 Å². The van der Waals surface area contributed by atoms with E-state index in [9.17, 15) is 4.79 Å². The van der Waals surface area contributed by atoms with Gasteiger partial charge in [-0.1, -0.05) is 23.2 Å². The molecular formula is C12H12Cl2N2O. The third kappa shape index (κ3) is 1.36. The molecule has 1 unspecified atom stereocenters. The van der Waals surface area contributed by atoms with Gasteiger partial charge in [-0.15, -0.1) is 0 Å². The topological polar surface area (TPSA) is 41.1 Å². The predicted molar refractivity (Wildman–Crippen MR) is 69.0 cm³/mol. The largest absolute Gasteiger partial charge is 0.325 e. The minimum atomic E-state index is -0.451. The van der Waals surface area contributed by atoms with Crippen LogP contribution in [0.15, 0.2) is 6.07 Å². The smallest absolute Gasteiger partial charge is 0.236 e. The van der Waals surface area contributed by atoms with Crippen molar-refractivity contribution in [2.45, 2.75) is 18.8 Å². The zero-order valence-corrected chi connectivity index (χ0v) is 10.9. The van der Waals surface area contributed by atoms with Crippen molar-refractivity contribution in [2.75, 3.05) is 18.4 Å². The van der Waals surface area contributed by atoms with Crippen LogP contribution in [0.1, 0.15) is 17.5 Å². The molecule has 90 valence electrons. The van der Waals surface area contributed by atoms with E-state index in [0.717, 1.165) is 29.8 Å². The highest BCUT2D eigenvalue weighted by Gasteiger charge is 2.50. The molecule has 3 rings (SSSR count). The third-order valence-electron chi connectivity index (χ3n) is 3.77. The first-order valence-corrected chi connectivity index (χ1v) is 6.33. The fourth-order valence-corrected chi connectivity index (χ4v) is 3.32. The fraction of sp³-hybridized carbons (Fsp3) is 0.417. The predicted octanol–water partition coefficient (Wildman–Crippen LogP) is 2.49. The summed E-state index contributed by atoms with van der Waals surface area (Å²) in [5.41, 5.74) is 2.29. The SMILES string of the molecule is Cc1c(Cl)c(Cl)cc2c1C1(CCNC1)C(=O)N2. The van der Waals surface area contributed by atoms with Gasteiger partial charge in [-0.3, -0.25) is 4.79 Å². The highest BCUT2D eigenvalue weighted by Crippen LogP contribution is 2.47. The Morgan fingerprint density at radius 1 is 1.41 bits per heavy atom. The Labute approximate surface area is 109 Å². The molecule has 1 amide bonds. The maximum Gasteiger partial charge on any atom is 0.236 e. The molecule has 2 aliphatic heterocycles. The molecule has 0 bridgehead atoms. The number of fused-ring (bicyclic) bond motifs is 2. The first-order valence-electron chi connectivity index (χ1n) is 5.57. The third-order valence-corrected chi connectivity index (χ3v) is 4.65. The molecule has 0 aromatic heterocycles. The van der Waals surface area contributed by atoms with Crippen LogP contribution in [0.25, 0.3) is 0 Å². The lowest BCUT2D eigenvalue weighted by Crippen LogP contribution is -2.36. The summed E-state index contributed by atoms with van der Waals surface area (Å²) in [6.45, 7) is 3.45. The molecule has 1 saturated heterocycles. The minimum absolute atomic E-state index is 0.0546. The maximum absolute atomic E-state index is 12.2. The zero-order chi connectivity index (χ0) is 12.2. The number of hydrogen-bond donors (Lipinski definition) is 2. The number of carbonyl (C=O) groups excluding carboxylic acids is 1. The Morgan fingerprint density at radius 3 is 2.82 bits per heavy atom.